The molecule has 0 aromatic heterocycles. The Morgan fingerprint density at radius 2 is 1.45 bits per heavy atom. The first-order valence-electron chi connectivity index (χ1n) is 14.9. The van der Waals surface area contributed by atoms with Crippen molar-refractivity contribution in [3.05, 3.63) is 48.0 Å². The van der Waals surface area contributed by atoms with Crippen molar-refractivity contribution in [3.63, 3.8) is 0 Å². The number of rotatable bonds is 21. The molecule has 1 aromatic carbocycles. The number of hydrogen-bond acceptors (Lipinski definition) is 10. The number of primary amides is 1. The molecule has 47 heavy (non-hydrogen) atoms. The maximum Gasteiger partial charge on any atom is 0.253 e. The lowest BCUT2D eigenvalue weighted by Crippen LogP contribution is -2.52. The van der Waals surface area contributed by atoms with Crippen molar-refractivity contribution in [3.8, 4) is 0 Å². The molecule has 2 aliphatic rings. The molecule has 254 valence electrons. The summed E-state index contributed by atoms with van der Waals surface area (Å²) in [7, 11) is 0. The SMILES string of the molecule is NC(=O)C1CC1COCNC(=O)CNC(=O)C(Cc1ccccc1)NC(=O)CNC(=O)CNC(=O)CCOCCN1C(=O)C=CC1=O. The zero-order valence-electron chi connectivity index (χ0n) is 25.7. The summed E-state index contributed by atoms with van der Waals surface area (Å²) in [5.41, 5.74) is 5.96. The van der Waals surface area contributed by atoms with Gasteiger partial charge in [-0.1, -0.05) is 30.3 Å². The molecule has 1 heterocycles. The number of carbonyl (C=O) groups excluding carboxylic acids is 8. The van der Waals surface area contributed by atoms with E-state index in [1.807, 2.05) is 0 Å². The summed E-state index contributed by atoms with van der Waals surface area (Å²) in [5.74, 6) is -4.37. The lowest BCUT2D eigenvalue weighted by molar-refractivity contribution is -0.138. The summed E-state index contributed by atoms with van der Waals surface area (Å²) in [5, 5.41) is 12.2. The van der Waals surface area contributed by atoms with Gasteiger partial charge in [-0.05, 0) is 17.9 Å². The second kappa shape index (κ2) is 18.7. The van der Waals surface area contributed by atoms with Crippen LogP contribution in [0.1, 0.15) is 18.4 Å². The largest absolute Gasteiger partial charge is 0.379 e. The number of imide groups is 1. The summed E-state index contributed by atoms with van der Waals surface area (Å²) in [6, 6.07) is 7.79. The highest BCUT2D eigenvalue weighted by molar-refractivity contribution is 6.12. The van der Waals surface area contributed by atoms with Crippen molar-refractivity contribution in [2.75, 3.05) is 52.7 Å². The molecule has 0 spiro atoms. The smallest absolute Gasteiger partial charge is 0.253 e. The number of amides is 8. The third kappa shape index (κ3) is 13.4. The van der Waals surface area contributed by atoms with Crippen LogP contribution < -0.4 is 32.3 Å². The van der Waals surface area contributed by atoms with Gasteiger partial charge in [-0.2, -0.15) is 0 Å². The van der Waals surface area contributed by atoms with Crippen molar-refractivity contribution in [1.29, 1.82) is 0 Å². The minimum atomic E-state index is -1.07. The number of nitrogens with two attached hydrogens (primary N) is 1. The fourth-order valence-corrected chi connectivity index (χ4v) is 4.36. The van der Waals surface area contributed by atoms with Gasteiger partial charge in [0.2, 0.25) is 35.4 Å². The first kappa shape index (κ1) is 36.3. The first-order valence-corrected chi connectivity index (χ1v) is 14.9. The van der Waals surface area contributed by atoms with Crippen LogP contribution in [-0.4, -0.2) is 111 Å². The van der Waals surface area contributed by atoms with Gasteiger partial charge in [0.15, 0.2) is 0 Å². The van der Waals surface area contributed by atoms with Crippen LogP contribution in [0.25, 0.3) is 0 Å². The highest BCUT2D eigenvalue weighted by Gasteiger charge is 2.41. The maximum atomic E-state index is 12.9. The molecule has 3 atom stereocenters. The molecular weight excluding hydrogens is 618 g/mol. The Kier molecular flexibility index (Phi) is 14.5. The summed E-state index contributed by atoms with van der Waals surface area (Å²) >= 11 is 0. The van der Waals surface area contributed by atoms with E-state index < -0.39 is 60.5 Å². The van der Waals surface area contributed by atoms with Crippen LogP contribution in [0.2, 0.25) is 0 Å². The first-order chi connectivity index (χ1) is 22.5. The summed E-state index contributed by atoms with van der Waals surface area (Å²) in [6.45, 7) is -1.00. The fourth-order valence-electron chi connectivity index (χ4n) is 4.36. The van der Waals surface area contributed by atoms with Gasteiger partial charge in [0.05, 0.1) is 46.0 Å². The number of carbonyl (C=O) groups is 8. The molecule has 1 aliphatic carbocycles. The van der Waals surface area contributed by atoms with Gasteiger partial charge in [-0.3, -0.25) is 43.3 Å². The van der Waals surface area contributed by atoms with Crippen LogP contribution in [0.4, 0.5) is 0 Å². The normalized spacial score (nSPS) is 17.1. The number of nitrogens with zero attached hydrogens (tertiary/aromatic N) is 1. The standard InChI is InChI=1S/C30H39N7O10/c31-29(44)21-13-20(21)17-47-18-35-25(40)15-34-30(45)22(12-19-4-2-1-3-5-19)36-26(41)16-33-24(39)14-32-23(38)8-10-46-11-9-37-27(42)6-7-28(37)43/h1-7,20-22H,8-18H2,(H2,31,44)(H,32,38)(H,33,39)(H,34,45)(H,35,40)(H,36,41). The Balaban J connectivity index is 1.31. The van der Waals surface area contributed by atoms with Crippen LogP contribution in [0, 0.1) is 11.8 Å². The highest BCUT2D eigenvalue weighted by atomic mass is 16.5. The molecule has 17 nitrogen and oxygen atoms in total. The van der Waals surface area contributed by atoms with E-state index in [4.69, 9.17) is 15.2 Å². The van der Waals surface area contributed by atoms with Crippen molar-refractivity contribution in [2.24, 2.45) is 17.6 Å². The Bertz CT molecular complexity index is 1340. The van der Waals surface area contributed by atoms with Crippen molar-refractivity contribution in [1.82, 2.24) is 31.5 Å². The Morgan fingerprint density at radius 3 is 2.13 bits per heavy atom. The lowest BCUT2D eigenvalue weighted by atomic mass is 10.1. The van der Waals surface area contributed by atoms with Gasteiger partial charge in [0, 0.05) is 30.9 Å². The predicted octanol–water partition coefficient (Wildman–Crippen LogP) is -3.39. The van der Waals surface area contributed by atoms with Gasteiger partial charge in [0.1, 0.15) is 12.8 Å². The van der Waals surface area contributed by atoms with Crippen LogP contribution in [0.3, 0.4) is 0 Å². The second-order valence-electron chi connectivity index (χ2n) is 10.7. The molecule has 17 heteroatoms. The van der Waals surface area contributed by atoms with E-state index >= 15 is 0 Å². The fraction of sp³-hybridized carbons (Fsp3) is 0.467. The van der Waals surface area contributed by atoms with Crippen LogP contribution in [-0.2, 0) is 54.3 Å². The molecule has 1 fully saturated rings. The molecule has 0 saturated heterocycles. The summed E-state index contributed by atoms with van der Waals surface area (Å²) in [6.07, 6.45) is 3.01. The topological polar surface area (TPSA) is 244 Å². The number of benzene rings is 1. The van der Waals surface area contributed by atoms with Crippen molar-refractivity contribution in [2.45, 2.75) is 25.3 Å². The maximum absolute atomic E-state index is 12.9. The molecule has 3 rings (SSSR count). The minimum absolute atomic E-state index is 0.000970. The number of ether oxygens (including phenoxy) is 2. The van der Waals surface area contributed by atoms with Gasteiger partial charge < -0.3 is 41.8 Å². The van der Waals surface area contributed by atoms with E-state index in [2.05, 4.69) is 26.6 Å². The Labute approximate surface area is 270 Å². The van der Waals surface area contributed by atoms with Crippen molar-refractivity contribution >= 4 is 47.3 Å². The van der Waals surface area contributed by atoms with Crippen LogP contribution in [0.15, 0.2) is 42.5 Å². The molecule has 1 aromatic rings. The van der Waals surface area contributed by atoms with E-state index in [-0.39, 0.29) is 70.2 Å². The van der Waals surface area contributed by atoms with Gasteiger partial charge in [-0.15, -0.1) is 0 Å². The number of nitrogens with one attached hydrogen (secondary N) is 5. The van der Waals surface area contributed by atoms with E-state index in [0.29, 0.717) is 6.42 Å². The van der Waals surface area contributed by atoms with Gasteiger partial charge in [-0.25, -0.2) is 0 Å². The van der Waals surface area contributed by atoms with E-state index in [0.717, 1.165) is 22.6 Å². The third-order valence-corrected chi connectivity index (χ3v) is 7.07. The Morgan fingerprint density at radius 1 is 0.809 bits per heavy atom. The minimum Gasteiger partial charge on any atom is -0.379 e. The van der Waals surface area contributed by atoms with E-state index in [1.165, 1.54) is 0 Å². The van der Waals surface area contributed by atoms with Gasteiger partial charge in [0.25, 0.3) is 11.8 Å². The predicted molar refractivity (Wildman–Crippen MR) is 162 cm³/mol. The zero-order chi connectivity index (χ0) is 34.2. The quantitative estimate of drug-likeness (QED) is 0.0435. The molecule has 7 N–H and O–H groups in total. The Hall–Kier alpha value is -5.16. The molecule has 1 saturated carbocycles. The lowest BCUT2D eigenvalue weighted by Gasteiger charge is -2.19. The average Bonchev–Trinajstić information content (AvgIpc) is 3.77. The van der Waals surface area contributed by atoms with Gasteiger partial charge >= 0.3 is 0 Å². The zero-order valence-corrected chi connectivity index (χ0v) is 25.7. The third-order valence-electron chi connectivity index (χ3n) is 7.07. The molecule has 0 bridgehead atoms. The molecule has 8 amide bonds. The average molecular weight is 658 g/mol. The van der Waals surface area contributed by atoms with Crippen molar-refractivity contribution < 1.29 is 47.8 Å². The molecular formula is C30H39N7O10. The summed E-state index contributed by atoms with van der Waals surface area (Å²) < 4.78 is 10.6. The van der Waals surface area contributed by atoms with E-state index in [1.54, 1.807) is 30.3 Å². The summed E-state index contributed by atoms with van der Waals surface area (Å²) in [4.78, 5) is 96.8. The monoisotopic (exact) mass is 657 g/mol. The van der Waals surface area contributed by atoms with E-state index in [9.17, 15) is 38.4 Å². The molecule has 3 unspecified atom stereocenters. The van der Waals surface area contributed by atoms with Crippen LogP contribution in [0.5, 0.6) is 0 Å². The second-order valence-corrected chi connectivity index (χ2v) is 10.7. The molecule has 0 radical (unpaired) electrons. The van der Waals surface area contributed by atoms with Crippen LogP contribution >= 0.6 is 0 Å². The number of hydrogen-bond donors (Lipinski definition) is 6. The molecule has 1 aliphatic heterocycles. The highest BCUT2D eigenvalue weighted by Crippen LogP contribution is 2.37.